The van der Waals surface area contributed by atoms with Crippen molar-refractivity contribution in [3.63, 3.8) is 0 Å². The molecule has 0 fully saturated rings. The fourth-order valence-corrected chi connectivity index (χ4v) is 2.44. The highest BCUT2D eigenvalue weighted by Gasteiger charge is 2.10. The summed E-state index contributed by atoms with van der Waals surface area (Å²) in [5.74, 6) is 0.695. The molecule has 0 saturated heterocycles. The normalized spacial score (nSPS) is 12.5. The third-order valence-corrected chi connectivity index (χ3v) is 3.65. The van der Waals surface area contributed by atoms with E-state index in [-0.39, 0.29) is 0 Å². The lowest BCUT2D eigenvalue weighted by Gasteiger charge is -2.13. The zero-order valence-corrected chi connectivity index (χ0v) is 12.2. The van der Waals surface area contributed by atoms with Crippen LogP contribution in [0.1, 0.15) is 11.7 Å². The molecule has 5 nitrogen and oxygen atoms in total. The van der Waals surface area contributed by atoms with E-state index in [0.29, 0.717) is 12.4 Å². The lowest BCUT2D eigenvalue weighted by Crippen LogP contribution is -2.13. The Morgan fingerprint density at radius 1 is 1.20 bits per heavy atom. The summed E-state index contributed by atoms with van der Waals surface area (Å²) in [4.78, 5) is 4.21. The van der Waals surface area contributed by atoms with Crippen LogP contribution in [0.15, 0.2) is 53.4 Å². The van der Waals surface area contributed by atoms with Crippen molar-refractivity contribution >= 4 is 27.3 Å². The number of aromatic nitrogens is 3. The Hall–Kier alpha value is -1.92. The Kier molecular flexibility index (Phi) is 3.66. The molecule has 0 bridgehead atoms. The van der Waals surface area contributed by atoms with Gasteiger partial charge in [-0.05, 0) is 33.6 Å². The highest BCUT2D eigenvalue weighted by atomic mass is 79.9. The van der Waals surface area contributed by atoms with Crippen molar-refractivity contribution in [2.24, 2.45) is 0 Å². The standard InChI is InChI=1S/C14H13BrN4O/c15-13-7-6-11-14(17-9-18-19(11)13)16-8-12(20)10-4-2-1-3-5-10/h1-7,9,12,20H,8H2,(H,16,17,18)/t12-/m1/s1. The lowest BCUT2D eigenvalue weighted by atomic mass is 10.1. The number of hydrogen-bond acceptors (Lipinski definition) is 4. The number of benzene rings is 1. The van der Waals surface area contributed by atoms with Gasteiger partial charge >= 0.3 is 0 Å². The van der Waals surface area contributed by atoms with Crippen molar-refractivity contribution in [2.45, 2.75) is 6.10 Å². The number of aliphatic hydroxyl groups excluding tert-OH is 1. The number of halogens is 1. The van der Waals surface area contributed by atoms with Crippen LogP contribution in [-0.2, 0) is 0 Å². The predicted octanol–water partition coefficient (Wildman–Crippen LogP) is 2.64. The van der Waals surface area contributed by atoms with Crippen LogP contribution in [0.4, 0.5) is 5.82 Å². The summed E-state index contributed by atoms with van der Waals surface area (Å²) >= 11 is 3.41. The van der Waals surface area contributed by atoms with E-state index in [0.717, 1.165) is 15.7 Å². The second-order valence-corrected chi connectivity index (χ2v) is 5.18. The molecule has 2 heterocycles. The molecular weight excluding hydrogens is 320 g/mol. The quantitative estimate of drug-likeness (QED) is 0.771. The van der Waals surface area contributed by atoms with Gasteiger partial charge < -0.3 is 10.4 Å². The number of aliphatic hydroxyl groups is 1. The van der Waals surface area contributed by atoms with Gasteiger partial charge in [-0.3, -0.25) is 0 Å². The highest BCUT2D eigenvalue weighted by molar-refractivity contribution is 9.10. The van der Waals surface area contributed by atoms with E-state index in [1.807, 2.05) is 42.5 Å². The number of hydrogen-bond donors (Lipinski definition) is 2. The molecule has 1 atom stereocenters. The van der Waals surface area contributed by atoms with Gasteiger partial charge in [0.15, 0.2) is 5.82 Å². The molecule has 6 heteroatoms. The molecule has 20 heavy (non-hydrogen) atoms. The molecule has 1 aromatic carbocycles. The van der Waals surface area contributed by atoms with Crippen LogP contribution in [0, 0.1) is 0 Å². The molecule has 3 rings (SSSR count). The average Bonchev–Trinajstić information content (AvgIpc) is 2.88. The lowest BCUT2D eigenvalue weighted by molar-refractivity contribution is 0.191. The van der Waals surface area contributed by atoms with Gasteiger partial charge in [0, 0.05) is 6.54 Å². The fraction of sp³-hybridized carbons (Fsp3) is 0.143. The first-order chi connectivity index (χ1) is 9.75. The maximum atomic E-state index is 10.1. The van der Waals surface area contributed by atoms with E-state index < -0.39 is 6.10 Å². The largest absolute Gasteiger partial charge is 0.387 e. The number of nitrogens with zero attached hydrogens (tertiary/aromatic N) is 3. The summed E-state index contributed by atoms with van der Waals surface area (Å²) in [5, 5.41) is 17.4. The van der Waals surface area contributed by atoms with Crippen molar-refractivity contribution < 1.29 is 5.11 Å². The molecular formula is C14H13BrN4O. The minimum absolute atomic E-state index is 0.388. The number of rotatable bonds is 4. The van der Waals surface area contributed by atoms with Crippen LogP contribution in [0.25, 0.3) is 5.52 Å². The average molecular weight is 333 g/mol. The maximum Gasteiger partial charge on any atom is 0.154 e. The SMILES string of the molecule is O[C@H](CNc1ncnn2c(Br)ccc12)c1ccccc1. The van der Waals surface area contributed by atoms with Crippen molar-refractivity contribution in [2.75, 3.05) is 11.9 Å². The number of nitrogens with one attached hydrogen (secondary N) is 1. The smallest absolute Gasteiger partial charge is 0.154 e. The van der Waals surface area contributed by atoms with Crippen molar-refractivity contribution in [1.29, 1.82) is 0 Å². The van der Waals surface area contributed by atoms with Crippen LogP contribution in [0.2, 0.25) is 0 Å². The molecule has 0 aliphatic rings. The molecule has 0 unspecified atom stereocenters. The van der Waals surface area contributed by atoms with Gasteiger partial charge in [0.25, 0.3) is 0 Å². The molecule has 3 aromatic rings. The van der Waals surface area contributed by atoms with E-state index in [9.17, 15) is 5.11 Å². The summed E-state index contributed by atoms with van der Waals surface area (Å²) in [5.41, 5.74) is 1.74. The van der Waals surface area contributed by atoms with Gasteiger partial charge in [0.1, 0.15) is 16.4 Å². The van der Waals surface area contributed by atoms with Gasteiger partial charge in [0.05, 0.1) is 6.10 Å². The van der Waals surface area contributed by atoms with E-state index >= 15 is 0 Å². The summed E-state index contributed by atoms with van der Waals surface area (Å²) in [6.45, 7) is 0.388. The molecule has 102 valence electrons. The molecule has 0 spiro atoms. The van der Waals surface area contributed by atoms with Gasteiger partial charge in [-0.2, -0.15) is 5.10 Å². The Morgan fingerprint density at radius 3 is 2.80 bits per heavy atom. The fourth-order valence-electron chi connectivity index (χ4n) is 2.02. The second kappa shape index (κ2) is 5.60. The molecule has 2 N–H and O–H groups in total. The van der Waals surface area contributed by atoms with E-state index in [1.54, 1.807) is 4.52 Å². The van der Waals surface area contributed by atoms with E-state index in [1.165, 1.54) is 6.33 Å². The Balaban J connectivity index is 1.77. The zero-order chi connectivity index (χ0) is 13.9. The first kappa shape index (κ1) is 13.1. The summed E-state index contributed by atoms with van der Waals surface area (Å²) in [6.07, 6.45) is 0.902. The van der Waals surface area contributed by atoms with E-state index in [2.05, 4.69) is 31.3 Å². The minimum Gasteiger partial charge on any atom is -0.387 e. The summed E-state index contributed by atoms with van der Waals surface area (Å²) < 4.78 is 2.60. The Bertz CT molecular complexity index is 714. The van der Waals surface area contributed by atoms with Crippen LogP contribution < -0.4 is 5.32 Å². The molecule has 0 radical (unpaired) electrons. The summed E-state index contributed by atoms with van der Waals surface area (Å²) in [7, 11) is 0. The molecule has 0 aliphatic carbocycles. The first-order valence-electron chi connectivity index (χ1n) is 6.21. The first-order valence-corrected chi connectivity index (χ1v) is 7.00. The number of anilines is 1. The molecule has 0 amide bonds. The third kappa shape index (κ3) is 2.52. The minimum atomic E-state index is -0.579. The van der Waals surface area contributed by atoms with Crippen molar-refractivity contribution in [1.82, 2.24) is 14.6 Å². The highest BCUT2D eigenvalue weighted by Crippen LogP contribution is 2.20. The molecule has 0 saturated carbocycles. The topological polar surface area (TPSA) is 62.5 Å². The second-order valence-electron chi connectivity index (χ2n) is 4.37. The monoisotopic (exact) mass is 332 g/mol. The Morgan fingerprint density at radius 2 is 2.00 bits per heavy atom. The molecule has 2 aromatic heterocycles. The zero-order valence-electron chi connectivity index (χ0n) is 10.6. The predicted molar refractivity (Wildman–Crippen MR) is 80.6 cm³/mol. The van der Waals surface area contributed by atoms with E-state index in [4.69, 9.17) is 0 Å². The Labute approximate surface area is 124 Å². The van der Waals surface area contributed by atoms with Crippen LogP contribution >= 0.6 is 15.9 Å². The van der Waals surface area contributed by atoms with Crippen molar-refractivity contribution in [3.8, 4) is 0 Å². The van der Waals surface area contributed by atoms with Gasteiger partial charge in [-0.1, -0.05) is 30.3 Å². The summed E-state index contributed by atoms with van der Waals surface area (Å²) in [6, 6.07) is 13.4. The van der Waals surface area contributed by atoms with Gasteiger partial charge in [0.2, 0.25) is 0 Å². The van der Waals surface area contributed by atoms with Gasteiger partial charge in [-0.15, -0.1) is 0 Å². The van der Waals surface area contributed by atoms with Crippen LogP contribution in [0.5, 0.6) is 0 Å². The molecule has 0 aliphatic heterocycles. The number of fused-ring (bicyclic) bond motifs is 1. The van der Waals surface area contributed by atoms with Gasteiger partial charge in [-0.25, -0.2) is 9.50 Å². The third-order valence-electron chi connectivity index (χ3n) is 3.05. The maximum absolute atomic E-state index is 10.1. The van der Waals surface area contributed by atoms with Crippen molar-refractivity contribution in [3.05, 3.63) is 59.0 Å². The van der Waals surface area contributed by atoms with Crippen LogP contribution in [0.3, 0.4) is 0 Å². The van der Waals surface area contributed by atoms with Crippen LogP contribution in [-0.4, -0.2) is 26.2 Å².